The number of carbonyl (C=O) groups excluding carboxylic acids is 2. The number of nitrogens with one attached hydrogen (secondary N) is 1. The van der Waals surface area contributed by atoms with E-state index in [9.17, 15) is 14.7 Å². The molecule has 3 N–H and O–H groups in total. The third kappa shape index (κ3) is 5.52. The molecule has 0 aliphatic carbocycles. The molecule has 5 rings (SSSR count). The van der Waals surface area contributed by atoms with Gasteiger partial charge >= 0.3 is 6.03 Å². The highest BCUT2D eigenvalue weighted by Gasteiger charge is 2.40. The number of anilines is 3. The van der Waals surface area contributed by atoms with Crippen molar-refractivity contribution in [2.45, 2.75) is 31.4 Å². The Morgan fingerprint density at radius 3 is 2.92 bits per heavy atom. The molecule has 2 amide bonds. The molecule has 2 atom stereocenters. The smallest absolute Gasteiger partial charge is 0.329 e. The standard InChI is InChI=1S/C26H28N6O5/c33-15-19(34)16-37-20-7-10-28-24(12-20)30-26(36)32-18-8-11-31(14-18)22-5-4-21(29-25(22)32)23(35)6-3-17-2-1-9-27-13-17/h1-2,4-5,7,9-10,12-13,18-19,33-34H,3,6,8,11,14-16H2,(H,28,30,36)/t18-,19+/m0/s1. The van der Waals surface area contributed by atoms with E-state index in [4.69, 9.17) is 9.84 Å². The Morgan fingerprint density at radius 2 is 2.11 bits per heavy atom. The van der Waals surface area contributed by atoms with E-state index < -0.39 is 18.7 Å². The van der Waals surface area contributed by atoms with Gasteiger partial charge in [0.25, 0.3) is 0 Å². The molecule has 3 aromatic heterocycles. The number of aromatic nitrogens is 3. The number of Topliss-reactive ketones (excluding diaryl/α,β-unsaturated/α-hetero) is 1. The number of ketones is 1. The molecule has 0 unspecified atom stereocenters. The van der Waals surface area contributed by atoms with Crippen LogP contribution in [0.1, 0.15) is 28.9 Å². The summed E-state index contributed by atoms with van der Waals surface area (Å²) >= 11 is 0. The highest BCUT2D eigenvalue weighted by atomic mass is 16.5. The number of hydrogen-bond acceptors (Lipinski definition) is 9. The fourth-order valence-corrected chi connectivity index (χ4v) is 4.54. The van der Waals surface area contributed by atoms with E-state index in [1.165, 1.54) is 6.20 Å². The zero-order chi connectivity index (χ0) is 25.8. The molecule has 11 nitrogen and oxygen atoms in total. The monoisotopic (exact) mass is 504 g/mol. The van der Waals surface area contributed by atoms with E-state index in [0.29, 0.717) is 36.6 Å². The lowest BCUT2D eigenvalue weighted by Crippen LogP contribution is -2.48. The van der Waals surface area contributed by atoms with Crippen molar-refractivity contribution in [3.63, 3.8) is 0 Å². The molecule has 5 heterocycles. The third-order valence-electron chi connectivity index (χ3n) is 6.44. The van der Waals surface area contributed by atoms with Crippen LogP contribution in [0.3, 0.4) is 0 Å². The Labute approximate surface area is 213 Å². The molecule has 1 saturated heterocycles. The Bertz CT molecular complexity index is 1270. The molecular formula is C26H28N6O5. The second-order valence-electron chi connectivity index (χ2n) is 9.04. The van der Waals surface area contributed by atoms with Gasteiger partial charge in [-0.15, -0.1) is 0 Å². The number of amides is 2. The molecule has 2 aliphatic heterocycles. The van der Waals surface area contributed by atoms with Crippen molar-refractivity contribution in [2.75, 3.05) is 41.4 Å². The minimum absolute atomic E-state index is 0.0834. The summed E-state index contributed by atoms with van der Waals surface area (Å²) in [4.78, 5) is 43.1. The van der Waals surface area contributed by atoms with E-state index in [1.807, 2.05) is 18.2 Å². The Hall–Kier alpha value is -4.09. The van der Waals surface area contributed by atoms with Crippen LogP contribution in [0.2, 0.25) is 0 Å². The fraction of sp³-hybridized carbons (Fsp3) is 0.346. The maximum absolute atomic E-state index is 13.4. The van der Waals surface area contributed by atoms with Gasteiger partial charge in [-0.05, 0) is 42.7 Å². The molecule has 192 valence electrons. The number of aliphatic hydroxyl groups is 2. The first-order chi connectivity index (χ1) is 18.0. The Kier molecular flexibility index (Phi) is 7.24. The van der Waals surface area contributed by atoms with Crippen molar-refractivity contribution in [1.29, 1.82) is 0 Å². The minimum atomic E-state index is -1.01. The van der Waals surface area contributed by atoms with Crippen LogP contribution in [0.5, 0.6) is 5.75 Å². The zero-order valence-electron chi connectivity index (χ0n) is 20.2. The highest BCUT2D eigenvalue weighted by Crippen LogP contribution is 2.39. The van der Waals surface area contributed by atoms with Gasteiger partial charge in [0.2, 0.25) is 0 Å². The predicted molar refractivity (Wildman–Crippen MR) is 136 cm³/mol. The van der Waals surface area contributed by atoms with Crippen LogP contribution in [0.15, 0.2) is 55.0 Å². The van der Waals surface area contributed by atoms with Crippen molar-refractivity contribution < 1.29 is 24.5 Å². The van der Waals surface area contributed by atoms with Crippen LogP contribution in [0, 0.1) is 0 Å². The summed E-state index contributed by atoms with van der Waals surface area (Å²) in [5.41, 5.74) is 2.11. The minimum Gasteiger partial charge on any atom is -0.491 e. The molecule has 3 aromatic rings. The largest absolute Gasteiger partial charge is 0.491 e. The normalized spacial score (nSPS) is 16.8. The summed E-state index contributed by atoms with van der Waals surface area (Å²) in [6, 6.07) is 10.0. The second-order valence-corrected chi connectivity index (χ2v) is 9.04. The number of fused-ring (bicyclic) bond motifs is 4. The molecular weight excluding hydrogens is 476 g/mol. The molecule has 11 heteroatoms. The van der Waals surface area contributed by atoms with Crippen LogP contribution < -0.4 is 19.9 Å². The molecule has 2 bridgehead atoms. The van der Waals surface area contributed by atoms with Gasteiger partial charge in [-0.3, -0.25) is 20.0 Å². The van der Waals surface area contributed by atoms with Crippen molar-refractivity contribution in [2.24, 2.45) is 0 Å². The number of aryl methyl sites for hydroxylation is 1. The summed E-state index contributed by atoms with van der Waals surface area (Å²) < 4.78 is 5.45. The van der Waals surface area contributed by atoms with Gasteiger partial charge in [-0.2, -0.15) is 0 Å². The van der Waals surface area contributed by atoms with Gasteiger partial charge in [-0.1, -0.05) is 6.07 Å². The van der Waals surface area contributed by atoms with Crippen molar-refractivity contribution >= 4 is 29.1 Å². The molecule has 1 fully saturated rings. The second kappa shape index (κ2) is 10.9. The number of nitrogens with zero attached hydrogens (tertiary/aromatic N) is 5. The van der Waals surface area contributed by atoms with E-state index >= 15 is 0 Å². The van der Waals surface area contributed by atoms with Gasteiger partial charge in [0.05, 0.1) is 18.3 Å². The topological polar surface area (TPSA) is 141 Å². The number of urea groups is 1. The predicted octanol–water partition coefficient (Wildman–Crippen LogP) is 2.05. The lowest BCUT2D eigenvalue weighted by molar-refractivity contribution is 0.0536. The Morgan fingerprint density at radius 1 is 1.22 bits per heavy atom. The van der Waals surface area contributed by atoms with E-state index in [0.717, 1.165) is 24.2 Å². The lowest BCUT2D eigenvalue weighted by Gasteiger charge is -2.35. The number of pyridine rings is 3. The number of rotatable bonds is 9. The van der Waals surface area contributed by atoms with Crippen LogP contribution in [-0.4, -0.2) is 75.4 Å². The first-order valence-corrected chi connectivity index (χ1v) is 12.2. The van der Waals surface area contributed by atoms with Crippen LogP contribution in [0.25, 0.3) is 0 Å². The average Bonchev–Trinajstić information content (AvgIpc) is 3.35. The quantitative estimate of drug-likeness (QED) is 0.373. The number of hydrogen-bond donors (Lipinski definition) is 3. The van der Waals surface area contributed by atoms with Crippen molar-refractivity contribution in [1.82, 2.24) is 15.0 Å². The lowest BCUT2D eigenvalue weighted by atomic mass is 10.1. The summed E-state index contributed by atoms with van der Waals surface area (Å²) in [5, 5.41) is 21.3. The molecule has 0 spiro atoms. The summed E-state index contributed by atoms with van der Waals surface area (Å²) in [7, 11) is 0. The molecule has 0 saturated carbocycles. The van der Waals surface area contributed by atoms with Crippen LogP contribution in [-0.2, 0) is 6.42 Å². The van der Waals surface area contributed by atoms with Crippen LogP contribution in [0.4, 0.5) is 22.1 Å². The van der Waals surface area contributed by atoms with E-state index in [-0.39, 0.29) is 24.2 Å². The maximum atomic E-state index is 13.4. The van der Waals surface area contributed by atoms with Crippen LogP contribution >= 0.6 is 0 Å². The average molecular weight is 505 g/mol. The molecule has 2 aliphatic rings. The highest BCUT2D eigenvalue weighted by molar-refractivity contribution is 6.05. The Balaban J connectivity index is 1.33. The van der Waals surface area contributed by atoms with Gasteiger partial charge in [-0.25, -0.2) is 14.8 Å². The maximum Gasteiger partial charge on any atom is 0.329 e. The number of aliphatic hydroxyl groups excluding tert-OH is 2. The number of ether oxygens (including phenoxy) is 1. The molecule has 0 aromatic carbocycles. The molecule has 37 heavy (non-hydrogen) atoms. The summed E-state index contributed by atoms with van der Waals surface area (Å²) in [6.07, 6.45) is 5.54. The van der Waals surface area contributed by atoms with E-state index in [1.54, 1.807) is 35.5 Å². The van der Waals surface area contributed by atoms with E-state index in [2.05, 4.69) is 25.2 Å². The zero-order valence-corrected chi connectivity index (χ0v) is 20.2. The van der Waals surface area contributed by atoms with Gasteiger partial charge in [0, 0.05) is 44.2 Å². The van der Waals surface area contributed by atoms with Crippen molar-refractivity contribution in [3.05, 3.63) is 66.2 Å². The number of carbonyl (C=O) groups is 2. The SMILES string of the molecule is O=C(CCc1cccnc1)c1ccc2c(n1)N(C(=O)Nc1cc(OC[C@H](O)CO)ccn1)[C@H]1CCN2C1. The first kappa shape index (κ1) is 24.6. The summed E-state index contributed by atoms with van der Waals surface area (Å²) in [6.45, 7) is 0.980. The first-order valence-electron chi connectivity index (χ1n) is 12.2. The third-order valence-corrected chi connectivity index (χ3v) is 6.44. The molecule has 0 radical (unpaired) electrons. The van der Waals surface area contributed by atoms with Gasteiger partial charge < -0.3 is 19.8 Å². The van der Waals surface area contributed by atoms with Gasteiger partial charge in [0.15, 0.2) is 11.6 Å². The van der Waals surface area contributed by atoms with Crippen molar-refractivity contribution in [3.8, 4) is 5.75 Å². The summed E-state index contributed by atoms with van der Waals surface area (Å²) in [5.74, 6) is 1.02. The fourth-order valence-electron chi connectivity index (χ4n) is 4.54. The van der Waals surface area contributed by atoms with Gasteiger partial charge in [0.1, 0.15) is 30.0 Å².